The monoisotopic (exact) mass is 472 g/mol. The van der Waals surface area contributed by atoms with E-state index < -0.39 is 24.0 Å². The Kier molecular flexibility index (Phi) is 7.15. The van der Waals surface area contributed by atoms with Crippen molar-refractivity contribution in [3.63, 3.8) is 0 Å². The van der Waals surface area contributed by atoms with Crippen molar-refractivity contribution in [1.82, 2.24) is 5.32 Å². The second-order valence-corrected chi connectivity index (χ2v) is 8.92. The lowest BCUT2D eigenvalue weighted by Crippen LogP contribution is -2.41. The van der Waals surface area contributed by atoms with E-state index in [0.717, 1.165) is 22.3 Å². The number of ether oxygens (including phenoxy) is 1. The van der Waals surface area contributed by atoms with Crippen molar-refractivity contribution in [2.45, 2.75) is 32.2 Å². The molecule has 0 heterocycles. The van der Waals surface area contributed by atoms with Crippen LogP contribution in [0.4, 0.5) is 10.5 Å². The molecule has 1 aliphatic rings. The predicted octanol–water partition coefficient (Wildman–Crippen LogP) is 5.28. The van der Waals surface area contributed by atoms with Crippen LogP contribution in [0.25, 0.3) is 11.1 Å². The molecule has 1 atom stereocenters. The third kappa shape index (κ3) is 5.35. The molecule has 0 fully saturated rings. The van der Waals surface area contributed by atoms with E-state index in [9.17, 15) is 19.5 Å². The zero-order valence-electron chi connectivity index (χ0n) is 19.7. The fraction of sp³-hybridized carbons (Fsp3) is 0.250. The number of carbonyl (C=O) groups is 3. The average Bonchev–Trinajstić information content (AvgIpc) is 3.16. The van der Waals surface area contributed by atoms with Crippen LogP contribution in [-0.2, 0) is 9.53 Å². The number of fused-ring (bicyclic) bond motifs is 3. The molecule has 2 amide bonds. The van der Waals surface area contributed by atoms with Gasteiger partial charge in [0.15, 0.2) is 0 Å². The molecule has 0 bridgehead atoms. The normalized spacial score (nSPS) is 13.0. The summed E-state index contributed by atoms with van der Waals surface area (Å²) in [6, 6.07) is 21.9. The highest BCUT2D eigenvalue weighted by Gasteiger charge is 2.29. The Morgan fingerprint density at radius 2 is 1.46 bits per heavy atom. The van der Waals surface area contributed by atoms with Crippen molar-refractivity contribution in [2.24, 2.45) is 5.92 Å². The number of hydrogen-bond donors (Lipinski definition) is 3. The van der Waals surface area contributed by atoms with Gasteiger partial charge >= 0.3 is 12.1 Å². The molecule has 1 aliphatic carbocycles. The number of rotatable bonds is 8. The molecule has 3 aromatic carbocycles. The zero-order chi connectivity index (χ0) is 24.9. The van der Waals surface area contributed by atoms with E-state index in [1.165, 1.54) is 12.1 Å². The van der Waals surface area contributed by atoms with Crippen molar-refractivity contribution in [3.05, 3.63) is 89.5 Å². The third-order valence-corrected chi connectivity index (χ3v) is 6.29. The summed E-state index contributed by atoms with van der Waals surface area (Å²) >= 11 is 0. The van der Waals surface area contributed by atoms with Crippen molar-refractivity contribution in [1.29, 1.82) is 0 Å². The van der Waals surface area contributed by atoms with Gasteiger partial charge in [0, 0.05) is 18.4 Å². The minimum absolute atomic E-state index is 0.00596. The van der Waals surface area contributed by atoms with Crippen molar-refractivity contribution in [3.8, 4) is 11.1 Å². The predicted molar refractivity (Wildman–Crippen MR) is 133 cm³/mol. The molecule has 0 saturated carbocycles. The summed E-state index contributed by atoms with van der Waals surface area (Å²) in [6.07, 6.45) is -0.611. The highest BCUT2D eigenvalue weighted by molar-refractivity contribution is 6.00. The molecular formula is C28H28N2O5. The minimum atomic E-state index is -1.13. The largest absolute Gasteiger partial charge is 0.478 e. The number of para-hydroxylation sites is 1. The summed E-state index contributed by atoms with van der Waals surface area (Å²) in [5, 5.41) is 14.8. The summed E-state index contributed by atoms with van der Waals surface area (Å²) in [5.41, 5.74) is 4.77. The molecule has 0 saturated heterocycles. The Labute approximate surface area is 204 Å². The molecular weight excluding hydrogens is 444 g/mol. The first kappa shape index (κ1) is 24.0. The van der Waals surface area contributed by atoms with Gasteiger partial charge in [-0.25, -0.2) is 9.59 Å². The molecule has 3 aromatic rings. The fourth-order valence-electron chi connectivity index (χ4n) is 4.42. The molecule has 0 spiro atoms. The first-order valence-corrected chi connectivity index (χ1v) is 11.6. The molecule has 4 rings (SSSR count). The maximum absolute atomic E-state index is 12.7. The minimum Gasteiger partial charge on any atom is -0.478 e. The van der Waals surface area contributed by atoms with E-state index in [1.54, 1.807) is 12.1 Å². The molecule has 0 aliphatic heterocycles. The van der Waals surface area contributed by atoms with Crippen LogP contribution in [0.5, 0.6) is 0 Å². The number of carboxylic acid groups (broad SMARTS) is 1. The standard InChI is InChI=1S/C28H28N2O5/c1-17(2)25(15-26(31)29-24-14-8-7-13-22(24)27(32)33)30-28(34)35-16-23-20-11-5-3-9-18(20)19-10-4-6-12-21(19)23/h3-14,17,23,25H,15-16H2,1-2H3,(H,29,31)(H,30,34)(H,32,33). The summed E-state index contributed by atoms with van der Waals surface area (Å²) in [6.45, 7) is 3.97. The zero-order valence-corrected chi connectivity index (χ0v) is 19.7. The Balaban J connectivity index is 1.38. The van der Waals surface area contributed by atoms with Gasteiger partial charge in [-0.2, -0.15) is 0 Å². The lowest BCUT2D eigenvalue weighted by atomic mass is 9.98. The number of alkyl carbamates (subject to hydrolysis) is 1. The van der Waals surface area contributed by atoms with Crippen LogP contribution in [0.15, 0.2) is 72.8 Å². The van der Waals surface area contributed by atoms with Crippen LogP contribution in [0.2, 0.25) is 0 Å². The molecule has 3 N–H and O–H groups in total. The van der Waals surface area contributed by atoms with Gasteiger partial charge in [-0.3, -0.25) is 4.79 Å². The topological polar surface area (TPSA) is 105 Å². The number of carboxylic acids is 1. The molecule has 7 nitrogen and oxygen atoms in total. The summed E-state index contributed by atoms with van der Waals surface area (Å²) < 4.78 is 5.61. The Morgan fingerprint density at radius 1 is 0.886 bits per heavy atom. The second-order valence-electron chi connectivity index (χ2n) is 8.92. The molecule has 7 heteroatoms. The number of anilines is 1. The Bertz CT molecular complexity index is 1210. The van der Waals surface area contributed by atoms with E-state index in [2.05, 4.69) is 34.9 Å². The quantitative estimate of drug-likeness (QED) is 0.414. The van der Waals surface area contributed by atoms with Gasteiger partial charge in [-0.15, -0.1) is 0 Å². The van der Waals surface area contributed by atoms with Gasteiger partial charge < -0.3 is 20.5 Å². The van der Waals surface area contributed by atoms with E-state index in [1.807, 2.05) is 38.1 Å². The summed E-state index contributed by atoms with van der Waals surface area (Å²) in [5.74, 6) is -1.62. The highest BCUT2D eigenvalue weighted by atomic mass is 16.5. The van der Waals surface area contributed by atoms with Gasteiger partial charge in [-0.1, -0.05) is 74.5 Å². The van der Waals surface area contributed by atoms with Gasteiger partial charge in [0.25, 0.3) is 0 Å². The van der Waals surface area contributed by atoms with Crippen molar-refractivity contribution >= 4 is 23.7 Å². The average molecular weight is 473 g/mol. The molecule has 180 valence electrons. The SMILES string of the molecule is CC(C)C(CC(=O)Nc1ccccc1C(=O)O)NC(=O)OCC1c2ccccc2-c2ccccc21. The molecule has 1 unspecified atom stereocenters. The first-order chi connectivity index (χ1) is 16.8. The summed E-state index contributed by atoms with van der Waals surface area (Å²) in [4.78, 5) is 36.7. The number of amides is 2. The Hall–Kier alpha value is -4.13. The second kappa shape index (κ2) is 10.4. The third-order valence-electron chi connectivity index (χ3n) is 6.29. The number of hydrogen-bond acceptors (Lipinski definition) is 4. The number of nitrogens with one attached hydrogen (secondary N) is 2. The number of carbonyl (C=O) groups excluding carboxylic acids is 2. The lowest BCUT2D eigenvalue weighted by molar-refractivity contribution is -0.116. The van der Waals surface area contributed by atoms with Gasteiger partial charge in [0.1, 0.15) is 6.61 Å². The number of benzene rings is 3. The molecule has 35 heavy (non-hydrogen) atoms. The highest BCUT2D eigenvalue weighted by Crippen LogP contribution is 2.44. The van der Waals surface area contributed by atoms with Crippen LogP contribution in [-0.4, -0.2) is 35.7 Å². The van der Waals surface area contributed by atoms with Gasteiger partial charge in [0.2, 0.25) is 5.91 Å². The summed E-state index contributed by atoms with van der Waals surface area (Å²) in [7, 11) is 0. The fourth-order valence-corrected chi connectivity index (χ4v) is 4.42. The first-order valence-electron chi connectivity index (χ1n) is 11.6. The lowest BCUT2D eigenvalue weighted by Gasteiger charge is -2.22. The van der Waals surface area contributed by atoms with Crippen LogP contribution < -0.4 is 10.6 Å². The van der Waals surface area contributed by atoms with E-state index in [-0.39, 0.29) is 36.1 Å². The molecule has 0 aromatic heterocycles. The maximum Gasteiger partial charge on any atom is 0.407 e. The maximum atomic E-state index is 12.7. The smallest absolute Gasteiger partial charge is 0.407 e. The van der Waals surface area contributed by atoms with Crippen LogP contribution in [0, 0.1) is 5.92 Å². The van der Waals surface area contributed by atoms with Crippen molar-refractivity contribution in [2.75, 3.05) is 11.9 Å². The Morgan fingerprint density at radius 3 is 2.06 bits per heavy atom. The number of aromatic carboxylic acids is 1. The van der Waals surface area contributed by atoms with Crippen LogP contribution >= 0.6 is 0 Å². The van der Waals surface area contributed by atoms with Crippen molar-refractivity contribution < 1.29 is 24.2 Å². The van der Waals surface area contributed by atoms with Crippen LogP contribution in [0.3, 0.4) is 0 Å². The van der Waals surface area contributed by atoms with E-state index >= 15 is 0 Å². The van der Waals surface area contributed by atoms with Gasteiger partial charge in [0.05, 0.1) is 11.3 Å². The van der Waals surface area contributed by atoms with E-state index in [0.29, 0.717) is 0 Å². The van der Waals surface area contributed by atoms with Gasteiger partial charge in [-0.05, 0) is 40.3 Å². The molecule has 0 radical (unpaired) electrons. The van der Waals surface area contributed by atoms with E-state index in [4.69, 9.17) is 4.74 Å². The van der Waals surface area contributed by atoms with Crippen LogP contribution in [0.1, 0.15) is 47.7 Å².